The second-order valence-electron chi connectivity index (χ2n) is 5.00. The van der Waals surface area contributed by atoms with Gasteiger partial charge in [0.05, 0.1) is 22.8 Å². The van der Waals surface area contributed by atoms with Gasteiger partial charge in [-0.3, -0.25) is 5.10 Å². The monoisotopic (exact) mass is 314 g/mol. The molecule has 0 aliphatic carbocycles. The third-order valence-corrected chi connectivity index (χ3v) is 4.22. The van der Waals surface area contributed by atoms with E-state index in [0.717, 1.165) is 35.2 Å². The molecule has 2 heterocycles. The van der Waals surface area contributed by atoms with Crippen molar-refractivity contribution in [2.75, 3.05) is 0 Å². The third-order valence-electron chi connectivity index (χ3n) is 3.23. The van der Waals surface area contributed by atoms with Gasteiger partial charge >= 0.3 is 0 Å². The SMILES string of the molecule is CCCc1nc(SC(C)c2cn(-c3ccccc3)nn2)n[nH]1. The van der Waals surface area contributed by atoms with E-state index in [2.05, 4.69) is 39.3 Å². The Hall–Kier alpha value is -2.15. The Morgan fingerprint density at radius 2 is 2.09 bits per heavy atom. The van der Waals surface area contributed by atoms with E-state index in [1.54, 1.807) is 16.4 Å². The number of nitrogens with one attached hydrogen (secondary N) is 1. The quantitative estimate of drug-likeness (QED) is 0.707. The Morgan fingerprint density at radius 3 is 2.86 bits per heavy atom. The van der Waals surface area contributed by atoms with Crippen molar-refractivity contribution >= 4 is 11.8 Å². The summed E-state index contributed by atoms with van der Waals surface area (Å²) in [4.78, 5) is 4.47. The maximum atomic E-state index is 4.47. The molecule has 7 heteroatoms. The fourth-order valence-corrected chi connectivity index (χ4v) is 2.87. The van der Waals surface area contributed by atoms with Crippen molar-refractivity contribution in [3.05, 3.63) is 48.0 Å². The number of aromatic amines is 1. The minimum absolute atomic E-state index is 0.141. The number of benzene rings is 1. The lowest BCUT2D eigenvalue weighted by Crippen LogP contribution is -1.93. The van der Waals surface area contributed by atoms with Gasteiger partial charge in [-0.15, -0.1) is 10.2 Å². The molecule has 0 aliphatic rings. The van der Waals surface area contributed by atoms with Crippen LogP contribution in [0, 0.1) is 0 Å². The van der Waals surface area contributed by atoms with Gasteiger partial charge in [0.2, 0.25) is 5.16 Å². The second-order valence-corrected chi connectivity index (χ2v) is 6.31. The third kappa shape index (κ3) is 3.36. The zero-order chi connectivity index (χ0) is 15.4. The van der Waals surface area contributed by atoms with E-state index < -0.39 is 0 Å². The van der Waals surface area contributed by atoms with Crippen LogP contribution < -0.4 is 0 Å². The number of aryl methyl sites for hydroxylation is 1. The molecule has 1 atom stereocenters. The van der Waals surface area contributed by atoms with E-state index in [9.17, 15) is 0 Å². The number of rotatable bonds is 6. The molecule has 0 bridgehead atoms. The Labute approximate surface area is 133 Å². The van der Waals surface area contributed by atoms with Gasteiger partial charge in [-0.2, -0.15) is 0 Å². The summed E-state index contributed by atoms with van der Waals surface area (Å²) in [5.74, 6) is 0.935. The first-order valence-electron chi connectivity index (χ1n) is 7.32. The van der Waals surface area contributed by atoms with Crippen molar-refractivity contribution in [1.82, 2.24) is 30.2 Å². The lowest BCUT2D eigenvalue weighted by molar-refractivity contribution is 0.797. The molecule has 0 aliphatic heterocycles. The van der Waals surface area contributed by atoms with Gasteiger partial charge < -0.3 is 0 Å². The predicted molar refractivity (Wildman–Crippen MR) is 86.0 cm³/mol. The number of nitrogens with zero attached hydrogens (tertiary/aromatic N) is 5. The standard InChI is InChI=1S/C15H18N6S/c1-3-7-14-16-15(19-18-14)22-11(2)13-10-21(20-17-13)12-8-5-4-6-9-12/h4-6,8-11H,3,7H2,1-2H3,(H,16,18,19). The Kier molecular flexibility index (Phi) is 4.53. The Balaban J connectivity index is 1.70. The molecule has 0 saturated heterocycles. The van der Waals surface area contributed by atoms with E-state index in [1.165, 1.54) is 0 Å². The summed E-state index contributed by atoms with van der Waals surface area (Å²) in [7, 11) is 0. The molecular formula is C15H18N6S. The Morgan fingerprint density at radius 1 is 1.27 bits per heavy atom. The highest BCUT2D eigenvalue weighted by molar-refractivity contribution is 7.99. The van der Waals surface area contributed by atoms with Gasteiger partial charge in [-0.1, -0.05) is 42.1 Å². The van der Waals surface area contributed by atoms with Crippen LogP contribution in [0.1, 0.15) is 37.0 Å². The van der Waals surface area contributed by atoms with E-state index >= 15 is 0 Å². The molecule has 3 aromatic rings. The average Bonchev–Trinajstić information content (AvgIpc) is 3.18. The van der Waals surface area contributed by atoms with E-state index in [4.69, 9.17) is 0 Å². The molecule has 22 heavy (non-hydrogen) atoms. The second kappa shape index (κ2) is 6.74. The number of aromatic nitrogens is 6. The number of hydrogen-bond donors (Lipinski definition) is 1. The van der Waals surface area contributed by atoms with Crippen molar-refractivity contribution in [3.8, 4) is 5.69 Å². The van der Waals surface area contributed by atoms with Crippen LogP contribution in [0.3, 0.4) is 0 Å². The van der Waals surface area contributed by atoms with Crippen molar-refractivity contribution in [3.63, 3.8) is 0 Å². The lowest BCUT2D eigenvalue weighted by Gasteiger charge is -2.03. The molecule has 1 aromatic carbocycles. The van der Waals surface area contributed by atoms with E-state index in [1.807, 2.05) is 36.5 Å². The van der Waals surface area contributed by atoms with Crippen LogP contribution in [0.4, 0.5) is 0 Å². The number of hydrogen-bond acceptors (Lipinski definition) is 5. The summed E-state index contributed by atoms with van der Waals surface area (Å²) < 4.78 is 1.78. The van der Waals surface area contributed by atoms with Crippen LogP contribution in [0.15, 0.2) is 41.7 Å². The van der Waals surface area contributed by atoms with Crippen molar-refractivity contribution < 1.29 is 0 Å². The summed E-state index contributed by atoms with van der Waals surface area (Å²) >= 11 is 1.58. The van der Waals surface area contributed by atoms with Gasteiger partial charge in [0, 0.05) is 6.42 Å². The van der Waals surface area contributed by atoms with E-state index in [0.29, 0.717) is 0 Å². The summed E-state index contributed by atoms with van der Waals surface area (Å²) in [5.41, 5.74) is 1.91. The summed E-state index contributed by atoms with van der Waals surface area (Å²) in [6.07, 6.45) is 3.93. The molecule has 3 rings (SSSR count). The van der Waals surface area contributed by atoms with E-state index in [-0.39, 0.29) is 5.25 Å². The van der Waals surface area contributed by atoms with Gasteiger partial charge in [0.25, 0.3) is 0 Å². The fourth-order valence-electron chi connectivity index (χ4n) is 2.07. The summed E-state index contributed by atoms with van der Waals surface area (Å²) in [6, 6.07) is 9.96. The van der Waals surface area contributed by atoms with Crippen LogP contribution in [0.5, 0.6) is 0 Å². The highest BCUT2D eigenvalue weighted by Gasteiger charge is 2.15. The van der Waals surface area contributed by atoms with Crippen LogP contribution in [0.2, 0.25) is 0 Å². The number of H-pyrrole nitrogens is 1. The first-order valence-corrected chi connectivity index (χ1v) is 8.20. The van der Waals surface area contributed by atoms with Crippen molar-refractivity contribution in [2.45, 2.75) is 37.1 Å². The van der Waals surface area contributed by atoms with Crippen molar-refractivity contribution in [1.29, 1.82) is 0 Å². The van der Waals surface area contributed by atoms with Gasteiger partial charge in [0.15, 0.2) is 0 Å². The highest BCUT2D eigenvalue weighted by Crippen LogP contribution is 2.31. The van der Waals surface area contributed by atoms with Crippen LogP contribution >= 0.6 is 11.8 Å². The molecule has 1 unspecified atom stereocenters. The number of thioether (sulfide) groups is 1. The normalized spacial score (nSPS) is 12.5. The highest BCUT2D eigenvalue weighted by atomic mass is 32.2. The molecule has 6 nitrogen and oxygen atoms in total. The average molecular weight is 314 g/mol. The predicted octanol–water partition coefficient (Wildman–Crippen LogP) is 3.19. The molecule has 2 aromatic heterocycles. The maximum absolute atomic E-state index is 4.47. The minimum atomic E-state index is 0.141. The maximum Gasteiger partial charge on any atom is 0.209 e. The zero-order valence-corrected chi connectivity index (χ0v) is 13.4. The number of para-hydroxylation sites is 1. The minimum Gasteiger partial charge on any atom is -0.262 e. The van der Waals surface area contributed by atoms with Crippen LogP contribution in [-0.2, 0) is 6.42 Å². The molecule has 0 radical (unpaired) electrons. The molecule has 0 amide bonds. The molecule has 0 saturated carbocycles. The molecular weight excluding hydrogens is 296 g/mol. The van der Waals surface area contributed by atoms with Crippen LogP contribution in [0.25, 0.3) is 5.69 Å². The molecule has 1 N–H and O–H groups in total. The Bertz CT molecular complexity index is 720. The van der Waals surface area contributed by atoms with Gasteiger partial charge in [-0.05, 0) is 25.5 Å². The topological polar surface area (TPSA) is 72.3 Å². The molecule has 114 valence electrons. The first-order chi connectivity index (χ1) is 10.8. The first kappa shape index (κ1) is 14.8. The van der Waals surface area contributed by atoms with Gasteiger partial charge in [-0.25, -0.2) is 9.67 Å². The van der Waals surface area contributed by atoms with Gasteiger partial charge in [0.1, 0.15) is 5.82 Å². The zero-order valence-electron chi connectivity index (χ0n) is 12.6. The smallest absolute Gasteiger partial charge is 0.209 e. The largest absolute Gasteiger partial charge is 0.262 e. The molecule has 0 spiro atoms. The molecule has 0 fully saturated rings. The lowest BCUT2D eigenvalue weighted by atomic mass is 10.3. The summed E-state index contributed by atoms with van der Waals surface area (Å²) in [6.45, 7) is 4.21. The van der Waals surface area contributed by atoms with Crippen LogP contribution in [-0.4, -0.2) is 30.2 Å². The van der Waals surface area contributed by atoms with Crippen molar-refractivity contribution in [2.24, 2.45) is 0 Å². The summed E-state index contributed by atoms with van der Waals surface area (Å²) in [5, 5.41) is 16.6. The fraction of sp³-hybridized carbons (Fsp3) is 0.333.